The van der Waals surface area contributed by atoms with Crippen LogP contribution in [0.5, 0.6) is 5.75 Å². The zero-order valence-corrected chi connectivity index (χ0v) is 15.3. The van der Waals surface area contributed by atoms with E-state index in [4.69, 9.17) is 22.8 Å². The van der Waals surface area contributed by atoms with Gasteiger partial charge in [-0.05, 0) is 41.7 Å². The SMILES string of the molecule is C#CCCc1ccc(C(C)(C)c2ccc(OCCCCl)cc2)cc1. The Morgan fingerprint density at radius 1 is 1.00 bits per heavy atom. The fraction of sp³-hybridized carbons (Fsp3) is 0.364. The second-order valence-electron chi connectivity index (χ2n) is 6.44. The van der Waals surface area contributed by atoms with E-state index in [1.165, 1.54) is 16.7 Å². The van der Waals surface area contributed by atoms with Crippen LogP contribution in [0, 0.1) is 12.3 Å². The van der Waals surface area contributed by atoms with Gasteiger partial charge in [0.15, 0.2) is 0 Å². The van der Waals surface area contributed by atoms with Gasteiger partial charge in [-0.1, -0.05) is 50.2 Å². The third-order valence-electron chi connectivity index (χ3n) is 4.36. The lowest BCUT2D eigenvalue weighted by molar-refractivity contribution is 0.318. The number of hydrogen-bond acceptors (Lipinski definition) is 1. The van der Waals surface area contributed by atoms with Crippen LogP contribution in [0.1, 0.15) is 43.4 Å². The summed E-state index contributed by atoms with van der Waals surface area (Å²) in [5.41, 5.74) is 3.79. The van der Waals surface area contributed by atoms with Gasteiger partial charge in [0.2, 0.25) is 0 Å². The first kappa shape index (κ1) is 18.4. The summed E-state index contributed by atoms with van der Waals surface area (Å²) < 4.78 is 5.67. The van der Waals surface area contributed by atoms with E-state index in [9.17, 15) is 0 Å². The van der Waals surface area contributed by atoms with Crippen LogP contribution in [-0.2, 0) is 11.8 Å². The van der Waals surface area contributed by atoms with E-state index in [0.717, 1.165) is 25.0 Å². The average molecular weight is 341 g/mol. The van der Waals surface area contributed by atoms with Crippen LogP contribution >= 0.6 is 11.6 Å². The monoisotopic (exact) mass is 340 g/mol. The number of halogens is 1. The standard InChI is InChI=1S/C22H25ClO/c1-4-5-7-18-8-10-19(11-9-18)22(2,3)20-12-14-21(15-13-20)24-17-6-16-23/h1,8-15H,5-7,16-17H2,2-3H3. The van der Waals surface area contributed by atoms with Gasteiger partial charge in [0, 0.05) is 17.7 Å². The molecule has 0 bridgehead atoms. The largest absolute Gasteiger partial charge is 0.494 e. The summed E-state index contributed by atoms with van der Waals surface area (Å²) in [6.07, 6.45) is 7.92. The van der Waals surface area contributed by atoms with Gasteiger partial charge in [0.1, 0.15) is 5.75 Å². The van der Waals surface area contributed by atoms with Gasteiger partial charge < -0.3 is 4.74 Å². The second-order valence-corrected chi connectivity index (χ2v) is 6.82. The summed E-state index contributed by atoms with van der Waals surface area (Å²) in [6.45, 7) is 5.14. The third-order valence-corrected chi connectivity index (χ3v) is 4.62. The Hall–Kier alpha value is -1.91. The molecule has 0 aliphatic heterocycles. The molecule has 0 aliphatic carbocycles. The number of benzene rings is 2. The molecule has 2 aromatic carbocycles. The topological polar surface area (TPSA) is 9.23 Å². The molecule has 0 N–H and O–H groups in total. The molecule has 0 aromatic heterocycles. The predicted molar refractivity (Wildman–Crippen MR) is 103 cm³/mol. The van der Waals surface area contributed by atoms with Crippen molar-refractivity contribution in [1.29, 1.82) is 0 Å². The molecular formula is C22H25ClO. The van der Waals surface area contributed by atoms with Crippen molar-refractivity contribution >= 4 is 11.6 Å². The summed E-state index contributed by atoms with van der Waals surface area (Å²) in [7, 11) is 0. The second kappa shape index (κ2) is 8.81. The highest BCUT2D eigenvalue weighted by molar-refractivity contribution is 6.17. The van der Waals surface area contributed by atoms with E-state index in [2.05, 4.69) is 56.2 Å². The van der Waals surface area contributed by atoms with Crippen molar-refractivity contribution in [3.63, 3.8) is 0 Å². The Morgan fingerprint density at radius 3 is 2.12 bits per heavy atom. The van der Waals surface area contributed by atoms with E-state index in [-0.39, 0.29) is 5.41 Å². The van der Waals surface area contributed by atoms with Crippen LogP contribution in [-0.4, -0.2) is 12.5 Å². The molecule has 0 heterocycles. The fourth-order valence-electron chi connectivity index (χ4n) is 2.68. The molecule has 1 nitrogen and oxygen atoms in total. The van der Waals surface area contributed by atoms with Crippen molar-refractivity contribution in [2.45, 2.75) is 38.5 Å². The normalized spacial score (nSPS) is 11.1. The molecule has 2 heteroatoms. The molecule has 0 amide bonds. The van der Waals surface area contributed by atoms with Crippen LogP contribution in [0.4, 0.5) is 0 Å². The number of alkyl halides is 1. The lowest BCUT2D eigenvalue weighted by atomic mass is 9.78. The van der Waals surface area contributed by atoms with Crippen molar-refractivity contribution in [2.24, 2.45) is 0 Å². The minimum absolute atomic E-state index is 0.0562. The number of terminal acetylenes is 1. The van der Waals surface area contributed by atoms with Gasteiger partial charge in [0.25, 0.3) is 0 Å². The highest BCUT2D eigenvalue weighted by Gasteiger charge is 2.22. The zero-order chi connectivity index (χ0) is 17.4. The first-order valence-electron chi connectivity index (χ1n) is 8.40. The molecule has 24 heavy (non-hydrogen) atoms. The van der Waals surface area contributed by atoms with Crippen molar-refractivity contribution in [3.8, 4) is 18.1 Å². The number of hydrogen-bond donors (Lipinski definition) is 0. The Kier molecular flexibility index (Phi) is 6.76. The molecule has 0 radical (unpaired) electrons. The predicted octanol–water partition coefficient (Wildman–Crippen LogP) is 5.59. The van der Waals surface area contributed by atoms with Gasteiger partial charge in [0.05, 0.1) is 6.61 Å². The highest BCUT2D eigenvalue weighted by Crippen LogP contribution is 2.32. The number of ether oxygens (including phenoxy) is 1. The smallest absolute Gasteiger partial charge is 0.119 e. The van der Waals surface area contributed by atoms with Crippen LogP contribution in [0.15, 0.2) is 48.5 Å². The summed E-state index contributed by atoms with van der Waals surface area (Å²) in [5, 5.41) is 0. The lowest BCUT2D eigenvalue weighted by Gasteiger charge is -2.26. The maximum absolute atomic E-state index is 5.67. The molecule has 2 aromatic rings. The molecule has 0 aliphatic rings. The fourth-order valence-corrected chi connectivity index (χ4v) is 2.79. The van der Waals surface area contributed by atoms with Crippen molar-refractivity contribution in [3.05, 3.63) is 65.2 Å². The maximum atomic E-state index is 5.67. The summed E-state index contributed by atoms with van der Waals surface area (Å²) in [4.78, 5) is 0. The van der Waals surface area contributed by atoms with Crippen molar-refractivity contribution < 1.29 is 4.74 Å². The Balaban J connectivity index is 2.10. The molecular weight excluding hydrogens is 316 g/mol. The summed E-state index contributed by atoms with van der Waals surface area (Å²) in [6, 6.07) is 17.1. The van der Waals surface area contributed by atoms with E-state index >= 15 is 0 Å². The first-order chi connectivity index (χ1) is 11.6. The molecule has 0 unspecified atom stereocenters. The van der Waals surface area contributed by atoms with Gasteiger partial charge >= 0.3 is 0 Å². The summed E-state index contributed by atoms with van der Waals surface area (Å²) in [5.74, 6) is 4.21. The minimum atomic E-state index is -0.0562. The number of aryl methyl sites for hydroxylation is 1. The Labute approximate surface area is 151 Å². The molecule has 0 fully saturated rings. The number of rotatable bonds is 8. The molecule has 0 saturated carbocycles. The third kappa shape index (κ3) is 4.79. The van der Waals surface area contributed by atoms with Gasteiger partial charge in [-0.15, -0.1) is 23.9 Å². The minimum Gasteiger partial charge on any atom is -0.494 e. The average Bonchev–Trinajstić information content (AvgIpc) is 2.61. The molecule has 2 rings (SSSR count). The van der Waals surface area contributed by atoms with E-state index in [0.29, 0.717) is 12.5 Å². The summed E-state index contributed by atoms with van der Waals surface area (Å²) >= 11 is 5.67. The van der Waals surface area contributed by atoms with Crippen LogP contribution in [0.2, 0.25) is 0 Å². The van der Waals surface area contributed by atoms with E-state index in [1.54, 1.807) is 0 Å². The molecule has 0 saturated heterocycles. The van der Waals surface area contributed by atoms with Crippen molar-refractivity contribution in [2.75, 3.05) is 12.5 Å². The van der Waals surface area contributed by atoms with Gasteiger partial charge in [-0.3, -0.25) is 0 Å². The van der Waals surface area contributed by atoms with Crippen molar-refractivity contribution in [1.82, 2.24) is 0 Å². The Bertz CT molecular complexity index is 663. The molecule has 126 valence electrons. The van der Waals surface area contributed by atoms with Crippen LogP contribution in [0.3, 0.4) is 0 Å². The van der Waals surface area contributed by atoms with Crippen LogP contribution in [0.25, 0.3) is 0 Å². The van der Waals surface area contributed by atoms with E-state index < -0.39 is 0 Å². The molecule has 0 spiro atoms. The first-order valence-corrected chi connectivity index (χ1v) is 8.93. The van der Waals surface area contributed by atoms with Crippen LogP contribution < -0.4 is 4.74 Å². The zero-order valence-electron chi connectivity index (χ0n) is 14.5. The quantitative estimate of drug-likeness (QED) is 0.346. The highest BCUT2D eigenvalue weighted by atomic mass is 35.5. The van der Waals surface area contributed by atoms with Gasteiger partial charge in [-0.2, -0.15) is 0 Å². The Morgan fingerprint density at radius 2 is 1.58 bits per heavy atom. The molecule has 0 atom stereocenters. The lowest BCUT2D eigenvalue weighted by Crippen LogP contribution is -2.18. The van der Waals surface area contributed by atoms with Gasteiger partial charge in [-0.25, -0.2) is 0 Å². The van der Waals surface area contributed by atoms with E-state index in [1.807, 2.05) is 12.1 Å². The maximum Gasteiger partial charge on any atom is 0.119 e.